The van der Waals surface area contributed by atoms with Crippen LogP contribution in [0.25, 0.3) is 0 Å². The van der Waals surface area contributed by atoms with Gasteiger partial charge in [-0.1, -0.05) is 25.5 Å². The molecule has 0 saturated heterocycles. The summed E-state index contributed by atoms with van der Waals surface area (Å²) in [5.41, 5.74) is 1.31. The zero-order valence-corrected chi connectivity index (χ0v) is 9.75. The molecule has 86 valence electrons. The number of aliphatic hydroxyl groups is 1. The summed E-state index contributed by atoms with van der Waals surface area (Å²) in [6, 6.07) is 0. The normalized spacial score (nSPS) is 24.5. The van der Waals surface area contributed by atoms with Gasteiger partial charge in [-0.05, 0) is 24.7 Å². The van der Waals surface area contributed by atoms with E-state index in [-0.39, 0.29) is 17.5 Å². The zero-order valence-electron chi connectivity index (χ0n) is 9.75. The SMILES string of the molecule is COC(=O)CCC1=CC(O)CC(C)(C)C1. The molecule has 1 aliphatic rings. The first-order valence-corrected chi connectivity index (χ1v) is 5.37. The second-order valence-electron chi connectivity index (χ2n) is 5.01. The Morgan fingerprint density at radius 2 is 2.33 bits per heavy atom. The van der Waals surface area contributed by atoms with Crippen LogP contribution in [0.2, 0.25) is 0 Å². The predicted octanol–water partition coefficient (Wildman–Crippen LogP) is 2.05. The molecule has 1 atom stereocenters. The summed E-state index contributed by atoms with van der Waals surface area (Å²) in [7, 11) is 1.40. The van der Waals surface area contributed by atoms with Crippen LogP contribution in [0.4, 0.5) is 0 Å². The molecule has 3 heteroatoms. The first kappa shape index (κ1) is 12.2. The fourth-order valence-electron chi connectivity index (χ4n) is 2.18. The third-order valence-corrected chi connectivity index (χ3v) is 2.77. The van der Waals surface area contributed by atoms with Gasteiger partial charge in [0.25, 0.3) is 0 Å². The molecule has 0 amide bonds. The van der Waals surface area contributed by atoms with Gasteiger partial charge in [0.1, 0.15) is 0 Å². The summed E-state index contributed by atoms with van der Waals surface area (Å²) in [6.45, 7) is 4.28. The topological polar surface area (TPSA) is 46.5 Å². The number of methoxy groups -OCH3 is 1. The Morgan fingerprint density at radius 3 is 2.87 bits per heavy atom. The van der Waals surface area contributed by atoms with Gasteiger partial charge in [0.15, 0.2) is 0 Å². The molecule has 0 aromatic rings. The third-order valence-electron chi connectivity index (χ3n) is 2.77. The number of carbonyl (C=O) groups is 1. The van der Waals surface area contributed by atoms with Gasteiger partial charge in [0.2, 0.25) is 0 Å². The van der Waals surface area contributed by atoms with E-state index in [0.29, 0.717) is 12.8 Å². The number of hydrogen-bond acceptors (Lipinski definition) is 3. The van der Waals surface area contributed by atoms with E-state index in [4.69, 9.17) is 0 Å². The molecule has 1 N–H and O–H groups in total. The molecule has 1 aliphatic carbocycles. The summed E-state index contributed by atoms with van der Waals surface area (Å²) in [6.07, 6.45) is 4.39. The minimum atomic E-state index is -0.360. The van der Waals surface area contributed by atoms with E-state index in [1.54, 1.807) is 0 Å². The minimum Gasteiger partial charge on any atom is -0.469 e. The largest absolute Gasteiger partial charge is 0.469 e. The summed E-state index contributed by atoms with van der Waals surface area (Å²) in [5, 5.41) is 9.65. The lowest BCUT2D eigenvalue weighted by atomic mass is 9.75. The summed E-state index contributed by atoms with van der Waals surface area (Å²) >= 11 is 0. The highest BCUT2D eigenvalue weighted by molar-refractivity contribution is 5.69. The van der Waals surface area contributed by atoms with Crippen molar-refractivity contribution in [2.75, 3.05) is 7.11 Å². The Morgan fingerprint density at radius 1 is 1.67 bits per heavy atom. The lowest BCUT2D eigenvalue weighted by Crippen LogP contribution is -2.25. The van der Waals surface area contributed by atoms with Gasteiger partial charge in [-0.3, -0.25) is 4.79 Å². The second kappa shape index (κ2) is 4.79. The van der Waals surface area contributed by atoms with Crippen molar-refractivity contribution in [1.29, 1.82) is 0 Å². The standard InChI is InChI=1S/C12H20O3/c1-12(2)7-9(6-10(13)8-12)4-5-11(14)15-3/h6,10,13H,4-5,7-8H2,1-3H3. The maximum absolute atomic E-state index is 11.0. The minimum absolute atomic E-state index is 0.139. The number of ether oxygens (including phenoxy) is 1. The van der Waals surface area contributed by atoms with E-state index in [2.05, 4.69) is 18.6 Å². The van der Waals surface area contributed by atoms with Gasteiger partial charge in [0, 0.05) is 6.42 Å². The van der Waals surface area contributed by atoms with Gasteiger partial charge in [-0.25, -0.2) is 0 Å². The number of hydrogen-bond donors (Lipinski definition) is 1. The maximum atomic E-state index is 11.0. The molecule has 1 rings (SSSR count). The van der Waals surface area contributed by atoms with Crippen molar-refractivity contribution in [2.45, 2.75) is 45.6 Å². The van der Waals surface area contributed by atoms with Gasteiger partial charge in [-0.2, -0.15) is 0 Å². The molecule has 0 bridgehead atoms. The molecule has 0 spiro atoms. The number of aliphatic hydroxyl groups excluding tert-OH is 1. The number of esters is 1. The molecule has 0 aromatic carbocycles. The fourth-order valence-corrected chi connectivity index (χ4v) is 2.18. The van der Waals surface area contributed by atoms with Crippen LogP contribution in [0.15, 0.2) is 11.6 Å². The molecule has 0 aliphatic heterocycles. The van der Waals surface area contributed by atoms with Gasteiger partial charge in [0.05, 0.1) is 13.2 Å². The Hall–Kier alpha value is -0.830. The van der Waals surface area contributed by atoms with E-state index in [1.165, 1.54) is 12.7 Å². The van der Waals surface area contributed by atoms with Crippen LogP contribution in [0.5, 0.6) is 0 Å². The molecule has 0 heterocycles. The average Bonchev–Trinajstić information content (AvgIpc) is 2.11. The Kier molecular flexibility index (Phi) is 3.91. The van der Waals surface area contributed by atoms with Crippen LogP contribution in [0, 0.1) is 5.41 Å². The van der Waals surface area contributed by atoms with E-state index in [9.17, 15) is 9.90 Å². The number of allylic oxidation sites excluding steroid dienone is 1. The average molecular weight is 212 g/mol. The lowest BCUT2D eigenvalue weighted by Gasteiger charge is -2.32. The first-order valence-electron chi connectivity index (χ1n) is 5.37. The summed E-state index contributed by atoms with van der Waals surface area (Å²) in [5.74, 6) is -0.186. The molecular formula is C12H20O3. The third kappa shape index (κ3) is 4.04. The Labute approximate surface area is 91.1 Å². The van der Waals surface area contributed by atoms with E-state index in [1.807, 2.05) is 6.08 Å². The number of rotatable bonds is 3. The summed E-state index contributed by atoms with van der Waals surface area (Å²) < 4.78 is 4.59. The Bertz CT molecular complexity index is 266. The fraction of sp³-hybridized carbons (Fsp3) is 0.750. The van der Waals surface area contributed by atoms with Crippen molar-refractivity contribution in [3.05, 3.63) is 11.6 Å². The van der Waals surface area contributed by atoms with E-state index >= 15 is 0 Å². The van der Waals surface area contributed by atoms with Crippen LogP contribution in [0.3, 0.4) is 0 Å². The molecule has 0 fully saturated rings. The zero-order chi connectivity index (χ0) is 11.5. The predicted molar refractivity (Wildman–Crippen MR) is 58.4 cm³/mol. The van der Waals surface area contributed by atoms with Crippen LogP contribution in [-0.2, 0) is 9.53 Å². The second-order valence-corrected chi connectivity index (χ2v) is 5.01. The lowest BCUT2D eigenvalue weighted by molar-refractivity contribution is -0.140. The first-order chi connectivity index (χ1) is 6.93. The van der Waals surface area contributed by atoms with E-state index in [0.717, 1.165) is 12.8 Å². The molecular weight excluding hydrogens is 192 g/mol. The van der Waals surface area contributed by atoms with E-state index < -0.39 is 0 Å². The summed E-state index contributed by atoms with van der Waals surface area (Å²) in [4.78, 5) is 11.0. The molecule has 3 nitrogen and oxygen atoms in total. The van der Waals surface area contributed by atoms with Gasteiger partial charge in [-0.15, -0.1) is 0 Å². The van der Waals surface area contributed by atoms with Crippen molar-refractivity contribution < 1.29 is 14.6 Å². The van der Waals surface area contributed by atoms with Crippen molar-refractivity contribution in [3.63, 3.8) is 0 Å². The molecule has 0 saturated carbocycles. The van der Waals surface area contributed by atoms with Gasteiger partial charge >= 0.3 is 5.97 Å². The maximum Gasteiger partial charge on any atom is 0.305 e. The van der Waals surface area contributed by atoms with Crippen molar-refractivity contribution in [1.82, 2.24) is 0 Å². The molecule has 0 radical (unpaired) electrons. The van der Waals surface area contributed by atoms with Crippen LogP contribution >= 0.6 is 0 Å². The van der Waals surface area contributed by atoms with Crippen LogP contribution < -0.4 is 0 Å². The van der Waals surface area contributed by atoms with Crippen LogP contribution in [-0.4, -0.2) is 24.3 Å². The van der Waals surface area contributed by atoms with Crippen molar-refractivity contribution in [2.24, 2.45) is 5.41 Å². The Balaban J connectivity index is 2.51. The van der Waals surface area contributed by atoms with Crippen LogP contribution in [0.1, 0.15) is 39.5 Å². The van der Waals surface area contributed by atoms with Crippen molar-refractivity contribution in [3.8, 4) is 0 Å². The molecule has 1 unspecified atom stereocenters. The number of carbonyl (C=O) groups excluding carboxylic acids is 1. The quantitative estimate of drug-likeness (QED) is 0.575. The monoisotopic (exact) mass is 212 g/mol. The smallest absolute Gasteiger partial charge is 0.305 e. The highest BCUT2D eigenvalue weighted by Gasteiger charge is 2.27. The van der Waals surface area contributed by atoms with Gasteiger partial charge < -0.3 is 9.84 Å². The molecule has 0 aromatic heterocycles. The van der Waals surface area contributed by atoms with Crippen molar-refractivity contribution >= 4 is 5.97 Å². The highest BCUT2D eigenvalue weighted by atomic mass is 16.5. The highest BCUT2D eigenvalue weighted by Crippen LogP contribution is 2.36. The molecule has 15 heavy (non-hydrogen) atoms.